The molecule has 5 unspecified atom stereocenters. The number of fused-ring (bicyclic) bond motifs is 1. The fourth-order valence-corrected chi connectivity index (χ4v) is 5.28. The fourth-order valence-electron chi connectivity index (χ4n) is 4.10. The number of aliphatic hydroxyl groups is 1. The highest BCUT2D eigenvalue weighted by atomic mass is 32.2. The molecule has 3 aromatic rings. The maximum atomic E-state index is 13.7. The lowest BCUT2D eigenvalue weighted by atomic mass is 9.92. The summed E-state index contributed by atoms with van der Waals surface area (Å²) < 4.78 is 59.7. The van der Waals surface area contributed by atoms with Crippen LogP contribution in [0, 0.1) is 29.8 Å². The molecule has 2 saturated heterocycles. The zero-order valence-corrected chi connectivity index (χ0v) is 18.5. The first-order chi connectivity index (χ1) is 16.4. The Kier molecular flexibility index (Phi) is 6.09. The van der Waals surface area contributed by atoms with Crippen molar-refractivity contribution < 1.29 is 32.5 Å². The molecule has 0 radical (unpaired) electrons. The van der Waals surface area contributed by atoms with E-state index in [2.05, 4.69) is 16.0 Å². The molecule has 5 rings (SSSR count). The molecular weight excluding hydrogens is 471 g/mol. The zero-order valence-electron chi connectivity index (χ0n) is 17.6. The molecule has 6 atom stereocenters. The summed E-state index contributed by atoms with van der Waals surface area (Å²) in [5.74, 6) is -1.61. The summed E-state index contributed by atoms with van der Waals surface area (Å²) in [7, 11) is 1.51. The van der Waals surface area contributed by atoms with Crippen molar-refractivity contribution in [2.45, 2.75) is 41.0 Å². The molecule has 34 heavy (non-hydrogen) atoms. The average molecular weight is 489 g/mol. The molecule has 0 amide bonds. The number of rotatable bonds is 5. The maximum Gasteiger partial charge on any atom is 0.194 e. The first-order valence-corrected chi connectivity index (χ1v) is 11.1. The van der Waals surface area contributed by atoms with Gasteiger partial charge in [-0.1, -0.05) is 17.7 Å². The van der Waals surface area contributed by atoms with Crippen molar-refractivity contribution in [1.29, 1.82) is 0 Å². The molecule has 4 heterocycles. The van der Waals surface area contributed by atoms with E-state index < -0.39 is 53.5 Å². The summed E-state index contributed by atoms with van der Waals surface area (Å²) in [6.07, 6.45) is 8.68. The molecule has 2 aliphatic rings. The number of hydrogen-bond acceptors (Lipinski definition) is 7. The summed E-state index contributed by atoms with van der Waals surface area (Å²) in [6, 6.07) is 3.03. The van der Waals surface area contributed by atoms with E-state index in [0.29, 0.717) is 11.1 Å². The number of halogens is 3. The van der Waals surface area contributed by atoms with Crippen molar-refractivity contribution in [2.75, 3.05) is 7.11 Å². The Balaban J connectivity index is 1.47. The molecule has 2 fully saturated rings. The quantitative estimate of drug-likeness (QED) is 0.436. The summed E-state index contributed by atoms with van der Waals surface area (Å²) in [5.41, 5.74) is 0.508. The molecule has 2 aliphatic heterocycles. The van der Waals surface area contributed by atoms with Crippen molar-refractivity contribution >= 4 is 11.8 Å². The third-order valence-corrected chi connectivity index (χ3v) is 6.87. The number of pyridine rings is 1. The number of benzene rings is 1. The van der Waals surface area contributed by atoms with Gasteiger partial charge in [0.05, 0.1) is 6.20 Å². The summed E-state index contributed by atoms with van der Waals surface area (Å²) >= 11 is 1.32. The van der Waals surface area contributed by atoms with Crippen LogP contribution in [0.25, 0.3) is 11.1 Å². The van der Waals surface area contributed by atoms with Crippen molar-refractivity contribution in [1.82, 2.24) is 14.8 Å². The first kappa shape index (κ1) is 22.9. The second-order valence-electron chi connectivity index (χ2n) is 7.79. The SMILES string of the molecule is C#Cc1cncc(SC2OC3C(O)O[C@@H]3C(n3cc(-c4cc(F)c(F)c(F)c4)cn3)C2OC)c1. The van der Waals surface area contributed by atoms with Gasteiger partial charge in [0.1, 0.15) is 29.8 Å². The average Bonchev–Trinajstić information content (AvgIpc) is 3.32. The fraction of sp³-hybridized carbons (Fsp3) is 0.304. The largest absolute Gasteiger partial charge is 0.375 e. The Hall–Kier alpha value is -2.88. The number of ether oxygens (including phenoxy) is 3. The normalized spacial score (nSPS) is 28.1. The lowest BCUT2D eigenvalue weighted by Crippen LogP contribution is -2.67. The second-order valence-corrected chi connectivity index (χ2v) is 8.96. The van der Waals surface area contributed by atoms with Crippen molar-refractivity contribution in [2.24, 2.45) is 0 Å². The van der Waals surface area contributed by atoms with E-state index in [9.17, 15) is 18.3 Å². The lowest BCUT2D eigenvalue weighted by Gasteiger charge is -2.53. The predicted molar refractivity (Wildman–Crippen MR) is 115 cm³/mol. The molecule has 176 valence electrons. The molecule has 0 spiro atoms. The van der Waals surface area contributed by atoms with E-state index in [0.717, 1.165) is 17.0 Å². The summed E-state index contributed by atoms with van der Waals surface area (Å²) in [4.78, 5) is 4.87. The Bertz CT molecular complexity index is 1240. The van der Waals surface area contributed by atoms with E-state index in [1.54, 1.807) is 29.3 Å². The number of aliphatic hydroxyl groups excluding tert-OH is 1. The number of aromatic nitrogens is 3. The number of hydrogen-bond donors (Lipinski definition) is 1. The minimum atomic E-state index is -1.54. The van der Waals surface area contributed by atoms with Gasteiger partial charge in [-0.2, -0.15) is 5.10 Å². The van der Waals surface area contributed by atoms with E-state index in [-0.39, 0.29) is 5.56 Å². The van der Waals surface area contributed by atoms with Gasteiger partial charge in [-0.05, 0) is 23.8 Å². The number of thioether (sulfide) groups is 1. The monoisotopic (exact) mass is 489 g/mol. The smallest absolute Gasteiger partial charge is 0.194 e. The van der Waals surface area contributed by atoms with Crippen LogP contribution < -0.4 is 0 Å². The van der Waals surface area contributed by atoms with Gasteiger partial charge in [0.2, 0.25) is 0 Å². The standard InChI is InChI=1S/C23H18F3N3O4S/c1-3-11-4-14(9-27-7-11)34-23-20(31-2)18(19-21(33-23)22(30)32-19)29-10-13(8-28-29)12-5-15(24)17(26)16(25)6-12/h1,4-10,18-23,30H,2H3/t18?,19-,20?,21?,22?,23?/m1/s1. The van der Waals surface area contributed by atoms with Gasteiger partial charge in [-0.15, -0.1) is 6.42 Å². The van der Waals surface area contributed by atoms with Gasteiger partial charge in [-0.25, -0.2) is 13.2 Å². The highest BCUT2D eigenvalue weighted by Crippen LogP contribution is 2.46. The highest BCUT2D eigenvalue weighted by molar-refractivity contribution is 7.99. The summed E-state index contributed by atoms with van der Waals surface area (Å²) in [6.45, 7) is 0. The molecule has 0 saturated carbocycles. The van der Waals surface area contributed by atoms with Crippen LogP contribution in [-0.2, 0) is 14.2 Å². The second kappa shape index (κ2) is 9.05. The number of terminal acetylenes is 1. The predicted octanol–water partition coefficient (Wildman–Crippen LogP) is 3.13. The third-order valence-electron chi connectivity index (χ3n) is 5.76. The van der Waals surface area contributed by atoms with Crippen LogP contribution in [0.15, 0.2) is 47.9 Å². The van der Waals surface area contributed by atoms with Gasteiger partial charge in [0.15, 0.2) is 23.7 Å². The van der Waals surface area contributed by atoms with Gasteiger partial charge in [0.25, 0.3) is 0 Å². The number of nitrogens with zero attached hydrogens (tertiary/aromatic N) is 3. The van der Waals surface area contributed by atoms with E-state index in [1.807, 2.05) is 0 Å². The Morgan fingerprint density at radius 2 is 1.85 bits per heavy atom. The maximum absolute atomic E-state index is 13.7. The molecular formula is C23H18F3N3O4S. The van der Waals surface area contributed by atoms with Crippen molar-refractivity contribution in [3.05, 3.63) is 66.0 Å². The zero-order chi connectivity index (χ0) is 24.0. The minimum absolute atomic E-state index is 0.123. The third kappa shape index (κ3) is 3.97. The van der Waals surface area contributed by atoms with Crippen molar-refractivity contribution in [3.8, 4) is 23.5 Å². The molecule has 1 N–H and O–H groups in total. The Morgan fingerprint density at radius 3 is 2.53 bits per heavy atom. The van der Waals surface area contributed by atoms with Gasteiger partial charge >= 0.3 is 0 Å². The molecule has 0 bridgehead atoms. The molecule has 0 aliphatic carbocycles. The van der Waals surface area contributed by atoms with Crippen LogP contribution in [0.1, 0.15) is 11.6 Å². The minimum Gasteiger partial charge on any atom is -0.375 e. The van der Waals surface area contributed by atoms with Crippen LogP contribution in [0.2, 0.25) is 0 Å². The number of methoxy groups -OCH3 is 1. The van der Waals surface area contributed by atoms with Crippen LogP contribution in [0.4, 0.5) is 13.2 Å². The molecule has 11 heteroatoms. The van der Waals surface area contributed by atoms with Crippen LogP contribution in [0.3, 0.4) is 0 Å². The van der Waals surface area contributed by atoms with Crippen LogP contribution >= 0.6 is 11.8 Å². The van der Waals surface area contributed by atoms with E-state index in [4.69, 9.17) is 20.6 Å². The first-order valence-electron chi connectivity index (χ1n) is 10.2. The highest BCUT2D eigenvalue weighted by Gasteiger charge is 2.57. The molecule has 2 aromatic heterocycles. The van der Waals surface area contributed by atoms with Crippen molar-refractivity contribution in [3.63, 3.8) is 0 Å². The Labute approximate surface area is 196 Å². The van der Waals surface area contributed by atoms with E-state index in [1.165, 1.54) is 25.1 Å². The van der Waals surface area contributed by atoms with E-state index >= 15 is 0 Å². The Morgan fingerprint density at radius 1 is 1.09 bits per heavy atom. The van der Waals surface area contributed by atoms with Crippen LogP contribution in [-0.4, -0.2) is 57.0 Å². The van der Waals surface area contributed by atoms with Gasteiger partial charge < -0.3 is 19.3 Å². The topological polar surface area (TPSA) is 78.6 Å². The summed E-state index contributed by atoms with van der Waals surface area (Å²) in [5, 5.41) is 14.5. The van der Waals surface area contributed by atoms with Crippen LogP contribution in [0.5, 0.6) is 0 Å². The van der Waals surface area contributed by atoms with Gasteiger partial charge in [-0.3, -0.25) is 9.67 Å². The lowest BCUT2D eigenvalue weighted by molar-refractivity contribution is -0.363. The molecule has 1 aromatic carbocycles. The molecule has 7 nitrogen and oxygen atoms in total. The van der Waals surface area contributed by atoms with Gasteiger partial charge in [0, 0.05) is 41.7 Å².